The van der Waals surface area contributed by atoms with Gasteiger partial charge in [0.15, 0.2) is 0 Å². The molecule has 1 fully saturated rings. The number of carbonyl (C=O) groups excluding carboxylic acids is 1. The van der Waals surface area contributed by atoms with Crippen LogP contribution in [0.4, 0.5) is 10.5 Å². The van der Waals surface area contributed by atoms with Crippen LogP contribution < -0.4 is 10.1 Å². The molecule has 0 atom stereocenters. The Morgan fingerprint density at radius 3 is 2.72 bits per heavy atom. The molecular weight excluding hydrogens is 340 g/mol. The lowest BCUT2D eigenvalue weighted by Crippen LogP contribution is -2.49. The maximum absolute atomic E-state index is 12.4. The Morgan fingerprint density at radius 1 is 1.28 bits per heavy atom. The highest BCUT2D eigenvalue weighted by atomic mass is 35.5. The summed E-state index contributed by atoms with van der Waals surface area (Å²) in [7, 11) is 1.56. The first-order valence-corrected chi connectivity index (χ1v) is 8.54. The number of ether oxygens (including phenoxy) is 1. The van der Waals surface area contributed by atoms with Gasteiger partial charge in [0.2, 0.25) is 0 Å². The van der Waals surface area contributed by atoms with Crippen LogP contribution in [-0.4, -0.2) is 54.1 Å². The smallest absolute Gasteiger partial charge is 0.321 e. The summed E-state index contributed by atoms with van der Waals surface area (Å²) in [4.78, 5) is 20.7. The third kappa shape index (κ3) is 4.61. The molecule has 1 aliphatic heterocycles. The van der Waals surface area contributed by atoms with E-state index in [4.69, 9.17) is 16.3 Å². The summed E-state index contributed by atoms with van der Waals surface area (Å²) in [6.45, 7) is 3.92. The van der Waals surface area contributed by atoms with Crippen molar-refractivity contribution in [3.63, 3.8) is 0 Å². The highest BCUT2D eigenvalue weighted by molar-refractivity contribution is 6.32. The molecule has 7 heteroatoms. The second-order valence-electron chi connectivity index (χ2n) is 5.90. The number of carbonyl (C=O) groups is 1. The minimum atomic E-state index is -0.109. The van der Waals surface area contributed by atoms with E-state index in [2.05, 4.69) is 21.3 Å². The fourth-order valence-electron chi connectivity index (χ4n) is 2.81. The summed E-state index contributed by atoms with van der Waals surface area (Å²) in [5.74, 6) is 0.587. The Bertz CT molecular complexity index is 718. The quantitative estimate of drug-likeness (QED) is 0.910. The first-order valence-electron chi connectivity index (χ1n) is 8.16. The van der Waals surface area contributed by atoms with Crippen LogP contribution in [0.5, 0.6) is 5.75 Å². The summed E-state index contributed by atoms with van der Waals surface area (Å²) in [5, 5.41) is 3.36. The van der Waals surface area contributed by atoms with E-state index in [1.165, 1.54) is 5.56 Å². The van der Waals surface area contributed by atoms with Crippen molar-refractivity contribution in [3.05, 3.63) is 53.3 Å². The molecule has 1 aromatic heterocycles. The van der Waals surface area contributed by atoms with Crippen molar-refractivity contribution in [2.45, 2.75) is 6.54 Å². The Kier molecular flexibility index (Phi) is 5.73. The summed E-state index contributed by atoms with van der Waals surface area (Å²) >= 11 is 6.09. The zero-order chi connectivity index (χ0) is 17.6. The number of aromatic nitrogens is 1. The lowest BCUT2D eigenvalue weighted by Gasteiger charge is -2.34. The van der Waals surface area contributed by atoms with Gasteiger partial charge in [0.25, 0.3) is 0 Å². The van der Waals surface area contributed by atoms with Crippen LogP contribution >= 0.6 is 11.6 Å². The number of urea groups is 1. The third-order valence-electron chi connectivity index (χ3n) is 4.19. The van der Waals surface area contributed by atoms with Crippen molar-refractivity contribution in [2.75, 3.05) is 38.6 Å². The van der Waals surface area contributed by atoms with Crippen LogP contribution in [0.2, 0.25) is 5.02 Å². The average Bonchev–Trinajstić information content (AvgIpc) is 2.63. The van der Waals surface area contributed by atoms with Crippen molar-refractivity contribution in [1.29, 1.82) is 0 Å². The largest absolute Gasteiger partial charge is 0.495 e. The number of nitrogens with zero attached hydrogens (tertiary/aromatic N) is 3. The van der Waals surface area contributed by atoms with Crippen LogP contribution in [0.1, 0.15) is 5.56 Å². The maximum atomic E-state index is 12.4. The Balaban J connectivity index is 1.50. The number of pyridine rings is 1. The standard InChI is InChI=1S/C18H21ClN4O2/c1-25-17-5-4-15(11-16(17)19)21-18(24)23-9-7-22(8-10-23)13-14-3-2-6-20-12-14/h2-6,11-12H,7-10,13H2,1H3,(H,21,24). The number of halogens is 1. The first-order chi connectivity index (χ1) is 12.2. The van der Waals surface area contributed by atoms with Crippen molar-refractivity contribution in [1.82, 2.24) is 14.8 Å². The van der Waals surface area contributed by atoms with Gasteiger partial charge < -0.3 is 15.0 Å². The fraction of sp³-hybridized carbons (Fsp3) is 0.333. The van der Waals surface area contributed by atoms with E-state index in [1.54, 1.807) is 31.5 Å². The van der Waals surface area contributed by atoms with Crippen LogP contribution in [0.25, 0.3) is 0 Å². The molecule has 0 radical (unpaired) electrons. The topological polar surface area (TPSA) is 57.7 Å². The van der Waals surface area contributed by atoms with E-state index in [0.717, 1.165) is 19.6 Å². The molecule has 6 nitrogen and oxygen atoms in total. The maximum Gasteiger partial charge on any atom is 0.321 e. The van der Waals surface area contributed by atoms with Crippen molar-refractivity contribution in [3.8, 4) is 5.75 Å². The van der Waals surface area contributed by atoms with Gasteiger partial charge in [-0.2, -0.15) is 0 Å². The lowest BCUT2D eigenvalue weighted by atomic mass is 10.2. The third-order valence-corrected chi connectivity index (χ3v) is 4.49. The highest BCUT2D eigenvalue weighted by Crippen LogP contribution is 2.27. The van der Waals surface area contributed by atoms with Crippen molar-refractivity contribution >= 4 is 23.3 Å². The SMILES string of the molecule is COc1ccc(NC(=O)N2CCN(Cc3cccnc3)CC2)cc1Cl. The van der Waals surface area contributed by atoms with Gasteiger partial charge in [-0.05, 0) is 29.8 Å². The number of rotatable bonds is 4. The van der Waals surface area contributed by atoms with Gasteiger partial charge in [0.1, 0.15) is 5.75 Å². The number of benzene rings is 1. The Morgan fingerprint density at radius 2 is 2.08 bits per heavy atom. The summed E-state index contributed by atoms with van der Waals surface area (Å²) < 4.78 is 5.12. The fourth-order valence-corrected chi connectivity index (χ4v) is 3.06. The normalized spacial score (nSPS) is 15.0. The minimum absolute atomic E-state index is 0.109. The van der Waals surface area contributed by atoms with Crippen LogP contribution in [0.3, 0.4) is 0 Å². The van der Waals surface area contributed by atoms with E-state index >= 15 is 0 Å². The predicted molar refractivity (Wildman–Crippen MR) is 98.1 cm³/mol. The van der Waals surface area contributed by atoms with Gasteiger partial charge >= 0.3 is 6.03 Å². The molecule has 0 bridgehead atoms. The van der Waals surface area contributed by atoms with Crippen LogP contribution in [-0.2, 0) is 6.54 Å². The number of nitrogens with one attached hydrogen (secondary N) is 1. The van der Waals surface area contributed by atoms with Crippen molar-refractivity contribution < 1.29 is 9.53 Å². The Labute approximate surface area is 152 Å². The lowest BCUT2D eigenvalue weighted by molar-refractivity contribution is 0.143. The van der Waals surface area contributed by atoms with Gasteiger partial charge in [-0.1, -0.05) is 17.7 Å². The second kappa shape index (κ2) is 8.18. The molecule has 1 saturated heterocycles. The zero-order valence-corrected chi connectivity index (χ0v) is 14.9. The number of anilines is 1. The van der Waals surface area contributed by atoms with E-state index in [0.29, 0.717) is 29.5 Å². The van der Waals surface area contributed by atoms with Gasteiger partial charge in [-0.3, -0.25) is 9.88 Å². The molecule has 25 heavy (non-hydrogen) atoms. The molecule has 0 spiro atoms. The van der Waals surface area contributed by atoms with Gasteiger partial charge in [0.05, 0.1) is 12.1 Å². The number of hydrogen-bond acceptors (Lipinski definition) is 4. The van der Waals surface area contributed by atoms with Crippen molar-refractivity contribution in [2.24, 2.45) is 0 Å². The van der Waals surface area contributed by atoms with Gasteiger partial charge in [0, 0.05) is 50.8 Å². The molecule has 0 aliphatic carbocycles. The molecule has 2 heterocycles. The Hall–Kier alpha value is -2.31. The second-order valence-corrected chi connectivity index (χ2v) is 6.31. The molecule has 3 rings (SSSR count). The molecule has 132 valence electrons. The van der Waals surface area contributed by atoms with E-state index < -0.39 is 0 Å². The van der Waals surface area contributed by atoms with Gasteiger partial charge in [-0.25, -0.2) is 4.79 Å². The average molecular weight is 361 g/mol. The summed E-state index contributed by atoms with van der Waals surface area (Å²) in [6.07, 6.45) is 3.66. The molecule has 1 aromatic carbocycles. The molecular formula is C18H21ClN4O2. The molecule has 2 aromatic rings. The predicted octanol–water partition coefficient (Wildman–Crippen LogP) is 3.09. The minimum Gasteiger partial charge on any atom is -0.495 e. The van der Waals surface area contributed by atoms with E-state index in [1.807, 2.05) is 17.2 Å². The highest BCUT2D eigenvalue weighted by Gasteiger charge is 2.21. The number of methoxy groups -OCH3 is 1. The van der Waals surface area contributed by atoms with E-state index in [9.17, 15) is 4.79 Å². The van der Waals surface area contributed by atoms with E-state index in [-0.39, 0.29) is 6.03 Å². The summed E-state index contributed by atoms with van der Waals surface area (Å²) in [6, 6.07) is 9.11. The van der Waals surface area contributed by atoms with Gasteiger partial charge in [-0.15, -0.1) is 0 Å². The number of piperazine rings is 1. The number of hydrogen-bond donors (Lipinski definition) is 1. The molecule has 1 N–H and O–H groups in total. The zero-order valence-electron chi connectivity index (χ0n) is 14.1. The van der Waals surface area contributed by atoms with Crippen LogP contribution in [0, 0.1) is 0 Å². The first kappa shape index (κ1) is 17.5. The molecule has 1 aliphatic rings. The van der Waals surface area contributed by atoms with Crippen LogP contribution in [0.15, 0.2) is 42.7 Å². The summed E-state index contributed by atoms with van der Waals surface area (Å²) in [5.41, 5.74) is 1.85. The molecule has 2 amide bonds. The molecule has 0 saturated carbocycles. The number of amides is 2. The monoisotopic (exact) mass is 360 g/mol. The molecule has 0 unspecified atom stereocenters.